The Morgan fingerprint density at radius 3 is 2.62 bits per heavy atom. The lowest BCUT2D eigenvalue weighted by molar-refractivity contribution is 0.0654. The number of aliphatic hydroxyl groups is 1. The van der Waals surface area contributed by atoms with Crippen molar-refractivity contribution in [2.75, 3.05) is 7.11 Å². The van der Waals surface area contributed by atoms with Gasteiger partial charge < -0.3 is 14.6 Å². The lowest BCUT2D eigenvalue weighted by Gasteiger charge is -2.30. The Hall–Kier alpha value is -2.00. The molecular weight excluding hydrogens is 264 g/mol. The number of methoxy groups -OCH3 is 1. The Balaban J connectivity index is 1.92. The minimum atomic E-state index is -0.532. The van der Waals surface area contributed by atoms with Crippen LogP contribution in [0.15, 0.2) is 36.4 Å². The van der Waals surface area contributed by atoms with Crippen molar-refractivity contribution in [3.8, 4) is 11.5 Å². The van der Waals surface area contributed by atoms with Gasteiger partial charge >= 0.3 is 0 Å². The first-order chi connectivity index (χ1) is 10.1. The summed E-state index contributed by atoms with van der Waals surface area (Å²) < 4.78 is 11.3. The van der Waals surface area contributed by atoms with Gasteiger partial charge in [-0.1, -0.05) is 18.2 Å². The van der Waals surface area contributed by atoms with E-state index in [1.54, 1.807) is 7.11 Å². The molecule has 3 heteroatoms. The van der Waals surface area contributed by atoms with Gasteiger partial charge in [-0.05, 0) is 48.7 Å². The van der Waals surface area contributed by atoms with Crippen molar-refractivity contribution in [1.29, 1.82) is 0 Å². The van der Waals surface area contributed by atoms with E-state index in [1.165, 1.54) is 11.1 Å². The number of aryl methyl sites for hydroxylation is 2. The van der Waals surface area contributed by atoms with Gasteiger partial charge in [-0.15, -0.1) is 0 Å². The van der Waals surface area contributed by atoms with Crippen molar-refractivity contribution in [1.82, 2.24) is 0 Å². The number of ether oxygens (including phenoxy) is 2. The van der Waals surface area contributed by atoms with Gasteiger partial charge in [0.15, 0.2) is 0 Å². The third kappa shape index (κ3) is 2.61. The molecule has 21 heavy (non-hydrogen) atoms. The van der Waals surface area contributed by atoms with E-state index in [9.17, 15) is 5.11 Å². The Labute approximate surface area is 125 Å². The summed E-state index contributed by atoms with van der Waals surface area (Å²) in [5, 5.41) is 10.4. The van der Waals surface area contributed by atoms with Gasteiger partial charge in [0.25, 0.3) is 0 Å². The fraction of sp³-hybridized carbons (Fsp3) is 0.333. The number of aliphatic hydroxyl groups excluding tert-OH is 1. The molecule has 1 N–H and O–H groups in total. The van der Waals surface area contributed by atoms with Crippen LogP contribution >= 0.6 is 0 Å². The number of hydrogen-bond donors (Lipinski definition) is 1. The Bertz CT molecular complexity index is 664. The molecule has 3 rings (SSSR count). The van der Waals surface area contributed by atoms with Crippen LogP contribution in [-0.4, -0.2) is 12.2 Å². The van der Waals surface area contributed by atoms with E-state index in [4.69, 9.17) is 9.47 Å². The molecule has 2 atom stereocenters. The molecule has 1 unspecified atom stereocenters. The molecule has 0 bridgehead atoms. The first-order valence-corrected chi connectivity index (χ1v) is 7.18. The molecule has 0 radical (unpaired) electrons. The average Bonchev–Trinajstić information content (AvgIpc) is 2.49. The maximum Gasteiger partial charge on any atom is 0.127 e. The zero-order valence-corrected chi connectivity index (χ0v) is 12.6. The van der Waals surface area contributed by atoms with Gasteiger partial charge in [0.05, 0.1) is 13.2 Å². The van der Waals surface area contributed by atoms with Gasteiger partial charge in [0.1, 0.15) is 17.6 Å². The fourth-order valence-corrected chi connectivity index (χ4v) is 2.72. The fourth-order valence-electron chi connectivity index (χ4n) is 2.72. The van der Waals surface area contributed by atoms with Gasteiger partial charge in [0, 0.05) is 12.0 Å². The van der Waals surface area contributed by atoms with Crippen LogP contribution in [0.25, 0.3) is 0 Å². The highest BCUT2D eigenvalue weighted by atomic mass is 16.5. The molecule has 0 spiro atoms. The summed E-state index contributed by atoms with van der Waals surface area (Å²) in [6.45, 7) is 4.19. The summed E-state index contributed by atoms with van der Waals surface area (Å²) in [6.07, 6.45) is -0.0847. The van der Waals surface area contributed by atoms with Crippen LogP contribution in [0.3, 0.4) is 0 Å². The summed E-state index contributed by atoms with van der Waals surface area (Å²) in [6, 6.07) is 11.9. The van der Waals surface area contributed by atoms with E-state index in [-0.39, 0.29) is 6.10 Å². The molecule has 0 saturated heterocycles. The van der Waals surface area contributed by atoms with E-state index in [1.807, 2.05) is 18.2 Å². The van der Waals surface area contributed by atoms with Crippen LogP contribution in [0.5, 0.6) is 11.5 Å². The SMILES string of the molecule is COc1ccc2c(c1)[C@@H](O)CC(c1ccc(C)c(C)c1)O2. The summed E-state index contributed by atoms with van der Waals surface area (Å²) in [5.74, 6) is 1.47. The van der Waals surface area contributed by atoms with E-state index in [2.05, 4.69) is 32.0 Å². The molecule has 0 aromatic heterocycles. The van der Waals surface area contributed by atoms with Crippen molar-refractivity contribution < 1.29 is 14.6 Å². The van der Waals surface area contributed by atoms with Crippen molar-refractivity contribution in [3.63, 3.8) is 0 Å². The number of rotatable bonds is 2. The minimum absolute atomic E-state index is 0.111. The maximum atomic E-state index is 10.4. The molecule has 0 saturated carbocycles. The summed E-state index contributed by atoms with van der Waals surface area (Å²) >= 11 is 0. The first-order valence-electron chi connectivity index (χ1n) is 7.18. The molecule has 1 aliphatic rings. The highest BCUT2D eigenvalue weighted by Gasteiger charge is 2.28. The van der Waals surface area contributed by atoms with Crippen molar-refractivity contribution in [2.45, 2.75) is 32.5 Å². The number of benzene rings is 2. The first kappa shape index (κ1) is 14.0. The van der Waals surface area contributed by atoms with Crippen LogP contribution < -0.4 is 9.47 Å². The second-order valence-corrected chi connectivity index (χ2v) is 5.61. The van der Waals surface area contributed by atoms with E-state index in [0.29, 0.717) is 6.42 Å². The predicted octanol–water partition coefficient (Wildman–Crippen LogP) is 3.87. The number of fused-ring (bicyclic) bond motifs is 1. The molecule has 1 heterocycles. The van der Waals surface area contributed by atoms with E-state index >= 15 is 0 Å². The second kappa shape index (κ2) is 5.41. The quantitative estimate of drug-likeness (QED) is 0.910. The Morgan fingerprint density at radius 2 is 1.90 bits per heavy atom. The summed E-state index contributed by atoms with van der Waals surface area (Å²) in [4.78, 5) is 0. The summed E-state index contributed by atoms with van der Waals surface area (Å²) in [7, 11) is 1.62. The van der Waals surface area contributed by atoms with Gasteiger partial charge in [-0.25, -0.2) is 0 Å². The molecular formula is C18H20O3. The van der Waals surface area contributed by atoms with Crippen LogP contribution in [0.1, 0.15) is 40.9 Å². The summed E-state index contributed by atoms with van der Waals surface area (Å²) in [5.41, 5.74) is 4.42. The molecule has 3 nitrogen and oxygen atoms in total. The highest BCUT2D eigenvalue weighted by molar-refractivity contribution is 5.44. The van der Waals surface area contributed by atoms with E-state index < -0.39 is 6.10 Å². The minimum Gasteiger partial charge on any atom is -0.497 e. The number of hydrogen-bond acceptors (Lipinski definition) is 3. The smallest absolute Gasteiger partial charge is 0.127 e. The second-order valence-electron chi connectivity index (χ2n) is 5.61. The van der Waals surface area contributed by atoms with E-state index in [0.717, 1.165) is 22.6 Å². The zero-order chi connectivity index (χ0) is 15.0. The van der Waals surface area contributed by atoms with Crippen LogP contribution in [0.4, 0.5) is 0 Å². The molecule has 110 valence electrons. The predicted molar refractivity (Wildman–Crippen MR) is 81.9 cm³/mol. The van der Waals surface area contributed by atoms with Crippen LogP contribution in [0.2, 0.25) is 0 Å². The van der Waals surface area contributed by atoms with Crippen LogP contribution in [0, 0.1) is 13.8 Å². The maximum absolute atomic E-state index is 10.4. The molecule has 0 fully saturated rings. The largest absolute Gasteiger partial charge is 0.497 e. The van der Waals surface area contributed by atoms with Gasteiger partial charge in [-0.2, -0.15) is 0 Å². The monoisotopic (exact) mass is 284 g/mol. The van der Waals surface area contributed by atoms with Gasteiger partial charge in [0.2, 0.25) is 0 Å². The standard InChI is InChI=1S/C18H20O3/c1-11-4-5-13(8-12(11)2)18-10-16(19)15-9-14(20-3)6-7-17(15)21-18/h4-9,16,18-19H,10H2,1-3H3/t16-,18?/m0/s1. The Kier molecular flexibility index (Phi) is 3.60. The van der Waals surface area contributed by atoms with Crippen LogP contribution in [-0.2, 0) is 0 Å². The topological polar surface area (TPSA) is 38.7 Å². The average molecular weight is 284 g/mol. The molecule has 2 aromatic carbocycles. The third-order valence-corrected chi connectivity index (χ3v) is 4.19. The molecule has 1 aliphatic heterocycles. The Morgan fingerprint density at radius 1 is 1.10 bits per heavy atom. The van der Waals surface area contributed by atoms with Gasteiger partial charge in [-0.3, -0.25) is 0 Å². The lowest BCUT2D eigenvalue weighted by atomic mass is 9.93. The molecule has 0 aliphatic carbocycles. The van der Waals surface area contributed by atoms with Crippen molar-refractivity contribution in [3.05, 3.63) is 58.7 Å². The molecule has 2 aromatic rings. The zero-order valence-electron chi connectivity index (χ0n) is 12.6. The normalized spacial score (nSPS) is 20.6. The molecule has 0 amide bonds. The van der Waals surface area contributed by atoms with Crippen molar-refractivity contribution in [2.24, 2.45) is 0 Å². The lowest BCUT2D eigenvalue weighted by Crippen LogP contribution is -2.19. The van der Waals surface area contributed by atoms with Crippen molar-refractivity contribution >= 4 is 0 Å². The third-order valence-electron chi connectivity index (χ3n) is 4.19. The highest BCUT2D eigenvalue weighted by Crippen LogP contribution is 2.42.